The van der Waals surface area contributed by atoms with Crippen molar-refractivity contribution >= 4 is 35.0 Å². The summed E-state index contributed by atoms with van der Waals surface area (Å²) in [6.07, 6.45) is 0. The molecule has 0 saturated carbocycles. The monoisotopic (exact) mass is 401 g/mol. The van der Waals surface area contributed by atoms with E-state index in [4.69, 9.17) is 11.6 Å². The standard InChI is InChI=1S/C19H20ClN5OS/c1-11-6-8-16(9-13(11)3)25-19(22-23-24-25)27-14(4)18(26)21-17-10-15(20)7-5-12(17)2/h5-10,14H,1-4H3,(H,21,26). The number of thioether (sulfide) groups is 1. The topological polar surface area (TPSA) is 72.7 Å². The summed E-state index contributed by atoms with van der Waals surface area (Å²) in [5.41, 5.74) is 4.87. The van der Waals surface area contributed by atoms with Crippen molar-refractivity contribution in [3.63, 3.8) is 0 Å². The number of hydrogen-bond donors (Lipinski definition) is 1. The molecule has 0 aliphatic rings. The minimum Gasteiger partial charge on any atom is -0.325 e. The first-order valence-electron chi connectivity index (χ1n) is 8.45. The van der Waals surface area contributed by atoms with Crippen LogP contribution in [-0.2, 0) is 4.79 Å². The fourth-order valence-corrected chi connectivity index (χ4v) is 3.43. The van der Waals surface area contributed by atoms with Gasteiger partial charge in [-0.15, -0.1) is 5.10 Å². The smallest absolute Gasteiger partial charge is 0.237 e. The molecule has 3 aromatic rings. The molecule has 140 valence electrons. The number of hydrogen-bond acceptors (Lipinski definition) is 5. The molecule has 1 heterocycles. The molecule has 1 atom stereocenters. The summed E-state index contributed by atoms with van der Waals surface area (Å²) in [6.45, 7) is 7.83. The van der Waals surface area contributed by atoms with Gasteiger partial charge in [0.05, 0.1) is 10.9 Å². The molecule has 1 aromatic heterocycles. The van der Waals surface area contributed by atoms with Gasteiger partial charge in [-0.3, -0.25) is 4.79 Å². The molecule has 0 radical (unpaired) electrons. The summed E-state index contributed by atoms with van der Waals surface area (Å²) in [4.78, 5) is 12.6. The van der Waals surface area contributed by atoms with Gasteiger partial charge in [0.25, 0.3) is 0 Å². The number of nitrogens with one attached hydrogen (secondary N) is 1. The van der Waals surface area contributed by atoms with Gasteiger partial charge < -0.3 is 5.32 Å². The highest BCUT2D eigenvalue weighted by molar-refractivity contribution is 8.00. The first-order valence-corrected chi connectivity index (χ1v) is 9.70. The Bertz CT molecular complexity index is 988. The van der Waals surface area contributed by atoms with Crippen LogP contribution < -0.4 is 5.32 Å². The minimum atomic E-state index is -0.389. The third-order valence-electron chi connectivity index (χ3n) is 4.28. The number of benzene rings is 2. The summed E-state index contributed by atoms with van der Waals surface area (Å²) in [5, 5.41) is 15.6. The number of halogens is 1. The van der Waals surface area contributed by atoms with Crippen LogP contribution in [0.3, 0.4) is 0 Å². The lowest BCUT2D eigenvalue weighted by Crippen LogP contribution is -2.23. The van der Waals surface area contributed by atoms with Crippen LogP contribution >= 0.6 is 23.4 Å². The van der Waals surface area contributed by atoms with Crippen LogP contribution in [0.2, 0.25) is 5.02 Å². The molecule has 1 amide bonds. The fraction of sp³-hybridized carbons (Fsp3) is 0.263. The molecule has 3 rings (SSSR count). The van der Waals surface area contributed by atoms with Crippen molar-refractivity contribution in [3.05, 3.63) is 58.1 Å². The molecule has 0 saturated heterocycles. The van der Waals surface area contributed by atoms with Crippen molar-refractivity contribution in [2.75, 3.05) is 5.32 Å². The molecule has 8 heteroatoms. The van der Waals surface area contributed by atoms with Crippen molar-refractivity contribution in [1.82, 2.24) is 20.2 Å². The van der Waals surface area contributed by atoms with Gasteiger partial charge in [0, 0.05) is 10.7 Å². The van der Waals surface area contributed by atoms with E-state index >= 15 is 0 Å². The fourth-order valence-electron chi connectivity index (χ4n) is 2.45. The van der Waals surface area contributed by atoms with Crippen LogP contribution in [-0.4, -0.2) is 31.4 Å². The lowest BCUT2D eigenvalue weighted by atomic mass is 10.1. The van der Waals surface area contributed by atoms with Crippen molar-refractivity contribution in [2.24, 2.45) is 0 Å². The maximum Gasteiger partial charge on any atom is 0.237 e. The maximum absolute atomic E-state index is 12.6. The molecule has 0 aliphatic carbocycles. The predicted octanol–water partition coefficient (Wildman–Crippen LogP) is 4.36. The van der Waals surface area contributed by atoms with Gasteiger partial charge in [-0.05, 0) is 79.1 Å². The van der Waals surface area contributed by atoms with Crippen LogP contribution in [0.4, 0.5) is 5.69 Å². The molecule has 0 fully saturated rings. The average Bonchev–Trinajstić information content (AvgIpc) is 3.08. The van der Waals surface area contributed by atoms with E-state index in [1.807, 2.05) is 45.0 Å². The third-order valence-corrected chi connectivity index (χ3v) is 5.55. The van der Waals surface area contributed by atoms with Crippen LogP contribution in [0.5, 0.6) is 0 Å². The van der Waals surface area contributed by atoms with Crippen LogP contribution in [0.1, 0.15) is 23.6 Å². The average molecular weight is 402 g/mol. The molecular formula is C19H20ClN5OS. The zero-order chi connectivity index (χ0) is 19.6. The van der Waals surface area contributed by atoms with Gasteiger partial charge in [-0.2, -0.15) is 4.68 Å². The first-order chi connectivity index (χ1) is 12.8. The molecule has 0 aliphatic heterocycles. The molecule has 6 nitrogen and oxygen atoms in total. The number of rotatable bonds is 5. The van der Waals surface area contributed by atoms with E-state index in [9.17, 15) is 4.79 Å². The summed E-state index contributed by atoms with van der Waals surface area (Å²) in [7, 11) is 0. The Labute approximate surface area is 167 Å². The Morgan fingerprint density at radius 3 is 2.59 bits per heavy atom. The van der Waals surface area contributed by atoms with Gasteiger partial charge in [-0.1, -0.05) is 35.5 Å². The number of anilines is 1. The van der Waals surface area contributed by atoms with Crippen molar-refractivity contribution in [2.45, 2.75) is 38.1 Å². The second kappa shape index (κ2) is 8.10. The molecular weight excluding hydrogens is 382 g/mol. The Hall–Kier alpha value is -2.38. The van der Waals surface area contributed by atoms with Gasteiger partial charge in [0.1, 0.15) is 0 Å². The predicted molar refractivity (Wildman–Crippen MR) is 109 cm³/mol. The molecule has 2 aromatic carbocycles. The largest absolute Gasteiger partial charge is 0.325 e. The second-order valence-corrected chi connectivity index (χ2v) is 8.09. The SMILES string of the molecule is Cc1ccc(-n2nnnc2SC(C)C(=O)Nc2cc(Cl)ccc2C)cc1C. The van der Waals surface area contributed by atoms with Gasteiger partial charge in [0.2, 0.25) is 11.1 Å². The highest BCUT2D eigenvalue weighted by atomic mass is 35.5. The Morgan fingerprint density at radius 2 is 1.85 bits per heavy atom. The van der Waals surface area contributed by atoms with Crippen molar-refractivity contribution < 1.29 is 4.79 Å². The highest BCUT2D eigenvalue weighted by Gasteiger charge is 2.20. The third kappa shape index (κ3) is 4.48. The van der Waals surface area contributed by atoms with E-state index in [0.717, 1.165) is 16.8 Å². The van der Waals surface area contributed by atoms with Crippen LogP contribution in [0.15, 0.2) is 41.6 Å². The summed E-state index contributed by atoms with van der Waals surface area (Å²) >= 11 is 7.32. The summed E-state index contributed by atoms with van der Waals surface area (Å²) in [5.74, 6) is -0.139. The second-order valence-electron chi connectivity index (χ2n) is 6.35. The van der Waals surface area contributed by atoms with E-state index in [0.29, 0.717) is 15.9 Å². The minimum absolute atomic E-state index is 0.139. The van der Waals surface area contributed by atoms with E-state index < -0.39 is 0 Å². The van der Waals surface area contributed by atoms with Gasteiger partial charge >= 0.3 is 0 Å². The lowest BCUT2D eigenvalue weighted by Gasteiger charge is -2.13. The Kier molecular flexibility index (Phi) is 5.82. The van der Waals surface area contributed by atoms with Gasteiger partial charge in [0.15, 0.2) is 0 Å². The number of aryl methyl sites for hydroxylation is 3. The van der Waals surface area contributed by atoms with Crippen molar-refractivity contribution in [3.8, 4) is 5.69 Å². The number of tetrazole rings is 1. The molecule has 0 spiro atoms. The number of aromatic nitrogens is 4. The number of carbonyl (C=O) groups excluding carboxylic acids is 1. The highest BCUT2D eigenvalue weighted by Crippen LogP contribution is 2.26. The molecule has 0 bridgehead atoms. The van der Waals surface area contributed by atoms with E-state index in [-0.39, 0.29) is 11.2 Å². The zero-order valence-electron chi connectivity index (χ0n) is 15.5. The van der Waals surface area contributed by atoms with E-state index in [1.54, 1.807) is 16.8 Å². The first kappa shape index (κ1) is 19.4. The van der Waals surface area contributed by atoms with Gasteiger partial charge in [-0.25, -0.2) is 0 Å². The summed E-state index contributed by atoms with van der Waals surface area (Å²) in [6, 6.07) is 11.4. The maximum atomic E-state index is 12.6. The lowest BCUT2D eigenvalue weighted by molar-refractivity contribution is -0.115. The van der Waals surface area contributed by atoms with E-state index in [2.05, 4.69) is 27.8 Å². The van der Waals surface area contributed by atoms with E-state index in [1.165, 1.54) is 17.3 Å². The number of amides is 1. The Balaban J connectivity index is 1.75. The normalized spacial score (nSPS) is 12.0. The zero-order valence-corrected chi connectivity index (χ0v) is 17.1. The number of carbonyl (C=O) groups is 1. The molecule has 1 N–H and O–H groups in total. The Morgan fingerprint density at radius 1 is 1.11 bits per heavy atom. The van der Waals surface area contributed by atoms with Crippen LogP contribution in [0.25, 0.3) is 5.69 Å². The molecule has 1 unspecified atom stereocenters. The van der Waals surface area contributed by atoms with Crippen molar-refractivity contribution in [1.29, 1.82) is 0 Å². The number of nitrogens with zero attached hydrogens (tertiary/aromatic N) is 4. The summed E-state index contributed by atoms with van der Waals surface area (Å²) < 4.78 is 1.64. The van der Waals surface area contributed by atoms with Crippen LogP contribution in [0, 0.1) is 20.8 Å². The quantitative estimate of drug-likeness (QED) is 0.643. The molecule has 27 heavy (non-hydrogen) atoms.